The van der Waals surface area contributed by atoms with Crippen LogP contribution in [0.15, 0.2) is 46.0 Å². The van der Waals surface area contributed by atoms with Crippen LogP contribution in [0.5, 0.6) is 17.2 Å². The molecule has 0 fully saturated rings. The number of phenols is 1. The number of para-hydroxylation sites is 2. The smallest absolute Gasteiger partial charge is 0.284 e. The van der Waals surface area contributed by atoms with E-state index in [1.165, 1.54) is 12.3 Å². The van der Waals surface area contributed by atoms with E-state index in [0.717, 1.165) is 0 Å². The topological polar surface area (TPSA) is 80.2 Å². The van der Waals surface area contributed by atoms with Crippen LogP contribution in [-0.2, 0) is 4.79 Å². The Balaban J connectivity index is 1.64. The Bertz CT molecular complexity index is 813. The van der Waals surface area contributed by atoms with Gasteiger partial charge in [0.1, 0.15) is 12.4 Å². The number of carbonyl (C=O) groups is 1. The first kappa shape index (κ1) is 16.6. The van der Waals surface area contributed by atoms with Gasteiger partial charge in [0, 0.05) is 10.6 Å². The van der Waals surface area contributed by atoms with E-state index in [4.69, 9.17) is 21.1 Å². The first-order chi connectivity index (χ1) is 11.5. The second-order valence-electron chi connectivity index (χ2n) is 4.92. The third-order valence-electron chi connectivity index (χ3n) is 3.24. The summed E-state index contributed by atoms with van der Waals surface area (Å²) in [5.74, 6) is 0.618. The molecule has 1 atom stereocenters. The van der Waals surface area contributed by atoms with Crippen LogP contribution >= 0.6 is 27.5 Å². The molecule has 0 saturated heterocycles. The van der Waals surface area contributed by atoms with Crippen LogP contribution < -0.4 is 14.9 Å². The van der Waals surface area contributed by atoms with Gasteiger partial charge < -0.3 is 14.6 Å². The molecule has 1 aliphatic heterocycles. The average molecular weight is 412 g/mol. The van der Waals surface area contributed by atoms with E-state index in [1.807, 2.05) is 6.07 Å². The van der Waals surface area contributed by atoms with Crippen molar-refractivity contribution in [2.75, 3.05) is 6.61 Å². The minimum atomic E-state index is -0.809. The van der Waals surface area contributed by atoms with E-state index < -0.39 is 12.0 Å². The van der Waals surface area contributed by atoms with Gasteiger partial charge in [0.15, 0.2) is 11.5 Å². The number of nitrogens with zero attached hydrogens (tertiary/aromatic N) is 1. The Morgan fingerprint density at radius 1 is 1.38 bits per heavy atom. The molecule has 6 nitrogen and oxygen atoms in total. The third kappa shape index (κ3) is 3.63. The molecular weight excluding hydrogens is 400 g/mol. The second kappa shape index (κ2) is 7.11. The molecule has 124 valence electrons. The van der Waals surface area contributed by atoms with Crippen molar-refractivity contribution < 1.29 is 19.4 Å². The van der Waals surface area contributed by atoms with Crippen molar-refractivity contribution in [3.8, 4) is 17.2 Å². The van der Waals surface area contributed by atoms with Crippen molar-refractivity contribution in [1.82, 2.24) is 5.43 Å². The van der Waals surface area contributed by atoms with Crippen LogP contribution in [0, 0.1) is 0 Å². The zero-order valence-electron chi connectivity index (χ0n) is 12.2. The zero-order valence-corrected chi connectivity index (χ0v) is 14.5. The van der Waals surface area contributed by atoms with Crippen molar-refractivity contribution in [1.29, 1.82) is 0 Å². The highest BCUT2D eigenvalue weighted by Gasteiger charge is 2.27. The van der Waals surface area contributed by atoms with Crippen molar-refractivity contribution in [2.45, 2.75) is 6.10 Å². The summed E-state index contributed by atoms with van der Waals surface area (Å²) >= 11 is 9.08. The van der Waals surface area contributed by atoms with Crippen LogP contribution in [0.3, 0.4) is 0 Å². The Morgan fingerprint density at radius 2 is 2.12 bits per heavy atom. The number of hydrogen-bond acceptors (Lipinski definition) is 5. The maximum Gasteiger partial charge on any atom is 0.284 e. The lowest BCUT2D eigenvalue weighted by Crippen LogP contribution is -2.42. The van der Waals surface area contributed by atoms with Crippen molar-refractivity contribution in [3.63, 3.8) is 0 Å². The van der Waals surface area contributed by atoms with E-state index in [0.29, 0.717) is 26.6 Å². The summed E-state index contributed by atoms with van der Waals surface area (Å²) in [6.45, 7) is 0.0896. The van der Waals surface area contributed by atoms with Crippen molar-refractivity contribution >= 4 is 39.7 Å². The standard InChI is InChI=1S/C16H12BrClN2O4/c17-11-6-10(18)5-9(15(11)21)7-19-20-16(22)14-8-23-12-3-1-2-4-13(12)24-14/h1-7,14,21H,8H2,(H,20,22)/b19-7+. The number of carbonyl (C=O) groups excluding carboxylic acids is 1. The Hall–Kier alpha value is -2.25. The molecule has 2 aromatic rings. The Kier molecular flexibility index (Phi) is 4.92. The lowest BCUT2D eigenvalue weighted by molar-refractivity contribution is -0.130. The quantitative estimate of drug-likeness (QED) is 0.601. The van der Waals surface area contributed by atoms with E-state index >= 15 is 0 Å². The van der Waals surface area contributed by atoms with E-state index in [-0.39, 0.29) is 12.4 Å². The maximum atomic E-state index is 12.1. The number of fused-ring (bicyclic) bond motifs is 1. The molecule has 0 radical (unpaired) electrons. The number of phenolic OH excluding ortho intramolecular Hbond substituents is 1. The number of benzene rings is 2. The first-order valence-electron chi connectivity index (χ1n) is 6.94. The minimum absolute atomic E-state index is 0.0245. The van der Waals surface area contributed by atoms with Crippen LogP contribution in [0.4, 0.5) is 0 Å². The van der Waals surface area contributed by atoms with Crippen molar-refractivity contribution in [2.24, 2.45) is 5.10 Å². The number of ether oxygens (including phenoxy) is 2. The highest BCUT2D eigenvalue weighted by molar-refractivity contribution is 9.10. The maximum absolute atomic E-state index is 12.1. The molecule has 2 aromatic carbocycles. The molecular formula is C16H12BrClN2O4. The van der Waals surface area contributed by atoms with Crippen LogP contribution in [-0.4, -0.2) is 29.9 Å². The average Bonchev–Trinajstić information content (AvgIpc) is 2.58. The van der Waals surface area contributed by atoms with Gasteiger partial charge in [-0.3, -0.25) is 4.79 Å². The van der Waals surface area contributed by atoms with Gasteiger partial charge in [-0.05, 0) is 40.2 Å². The summed E-state index contributed by atoms with van der Waals surface area (Å²) in [5.41, 5.74) is 2.72. The SMILES string of the molecule is O=C(N/N=C/c1cc(Cl)cc(Br)c1O)C1COc2ccccc2O1. The molecule has 0 aromatic heterocycles. The summed E-state index contributed by atoms with van der Waals surface area (Å²) in [7, 11) is 0. The fourth-order valence-corrected chi connectivity index (χ4v) is 2.90. The lowest BCUT2D eigenvalue weighted by Gasteiger charge is -2.24. The molecule has 0 saturated carbocycles. The summed E-state index contributed by atoms with van der Waals surface area (Å²) in [6, 6.07) is 10.2. The molecule has 24 heavy (non-hydrogen) atoms. The van der Waals surface area contributed by atoms with Gasteiger partial charge in [0.25, 0.3) is 5.91 Å². The highest BCUT2D eigenvalue weighted by Crippen LogP contribution is 2.31. The number of nitrogens with one attached hydrogen (secondary N) is 1. The summed E-state index contributed by atoms with van der Waals surface area (Å²) in [4.78, 5) is 12.1. The number of aromatic hydroxyl groups is 1. The fraction of sp³-hybridized carbons (Fsp3) is 0.125. The van der Waals surface area contributed by atoms with E-state index in [1.54, 1.807) is 24.3 Å². The lowest BCUT2D eigenvalue weighted by atomic mass is 10.2. The molecule has 2 N–H and O–H groups in total. The van der Waals surface area contributed by atoms with Gasteiger partial charge in [0.2, 0.25) is 6.10 Å². The number of hydrazone groups is 1. The van der Waals surface area contributed by atoms with E-state index in [9.17, 15) is 9.90 Å². The highest BCUT2D eigenvalue weighted by atomic mass is 79.9. The van der Waals surface area contributed by atoms with E-state index in [2.05, 4.69) is 26.5 Å². The minimum Gasteiger partial charge on any atom is -0.506 e. The molecule has 1 amide bonds. The van der Waals surface area contributed by atoms with Crippen LogP contribution in [0.25, 0.3) is 0 Å². The molecule has 0 bridgehead atoms. The number of rotatable bonds is 3. The molecule has 0 spiro atoms. The Labute approximate surface area is 151 Å². The number of amides is 1. The molecule has 1 aliphatic rings. The number of hydrogen-bond donors (Lipinski definition) is 2. The van der Waals surface area contributed by atoms with Crippen LogP contribution in [0.2, 0.25) is 5.02 Å². The predicted molar refractivity (Wildman–Crippen MR) is 92.9 cm³/mol. The third-order valence-corrected chi connectivity index (χ3v) is 4.06. The monoisotopic (exact) mass is 410 g/mol. The van der Waals surface area contributed by atoms with Gasteiger partial charge >= 0.3 is 0 Å². The van der Waals surface area contributed by atoms with Gasteiger partial charge in [-0.15, -0.1) is 0 Å². The fourth-order valence-electron chi connectivity index (χ4n) is 2.07. The van der Waals surface area contributed by atoms with Gasteiger partial charge in [-0.2, -0.15) is 5.10 Å². The Morgan fingerprint density at radius 3 is 2.92 bits per heavy atom. The largest absolute Gasteiger partial charge is 0.506 e. The van der Waals surface area contributed by atoms with Gasteiger partial charge in [-0.1, -0.05) is 23.7 Å². The van der Waals surface area contributed by atoms with Gasteiger partial charge in [0.05, 0.1) is 10.7 Å². The normalized spacial score (nSPS) is 16.2. The number of halogens is 2. The molecule has 0 aliphatic carbocycles. The van der Waals surface area contributed by atoms with Crippen LogP contribution in [0.1, 0.15) is 5.56 Å². The summed E-state index contributed by atoms with van der Waals surface area (Å²) in [6.07, 6.45) is 0.485. The predicted octanol–water partition coefficient (Wildman–Crippen LogP) is 3.10. The first-order valence-corrected chi connectivity index (χ1v) is 8.11. The zero-order chi connectivity index (χ0) is 17.1. The van der Waals surface area contributed by atoms with Gasteiger partial charge in [-0.25, -0.2) is 5.43 Å². The summed E-state index contributed by atoms with van der Waals surface area (Å²) in [5, 5.41) is 14.1. The van der Waals surface area contributed by atoms with Crippen molar-refractivity contribution in [3.05, 3.63) is 51.5 Å². The molecule has 1 heterocycles. The molecule has 8 heteroatoms. The molecule has 1 unspecified atom stereocenters. The summed E-state index contributed by atoms with van der Waals surface area (Å²) < 4.78 is 11.5. The molecule has 3 rings (SSSR count). The second-order valence-corrected chi connectivity index (χ2v) is 6.21.